The number of methoxy groups -OCH3 is 1. The number of hydrogen-bond acceptors (Lipinski definition) is 4. The first-order valence-corrected chi connectivity index (χ1v) is 7.90. The number of hydrogen-bond donors (Lipinski definition) is 1. The lowest BCUT2D eigenvalue weighted by Gasteiger charge is -2.20. The van der Waals surface area contributed by atoms with Crippen LogP contribution in [0.4, 0.5) is 0 Å². The van der Waals surface area contributed by atoms with Gasteiger partial charge in [0.25, 0.3) is 0 Å². The van der Waals surface area contributed by atoms with Crippen LogP contribution < -0.4 is 0 Å². The average Bonchev–Trinajstić information content (AvgIpc) is 2.98. The normalized spacial score (nSPS) is 11.4. The van der Waals surface area contributed by atoms with E-state index in [0.717, 1.165) is 55.2 Å². The van der Waals surface area contributed by atoms with Crippen LogP contribution in [0.5, 0.6) is 0 Å². The SMILES string of the molecule is COCCCN(Cc1ccccn1)Cc1nc2ccccc2[nH]1. The number of benzene rings is 1. The number of rotatable bonds is 8. The van der Waals surface area contributed by atoms with Crippen LogP contribution >= 0.6 is 0 Å². The Hall–Kier alpha value is -2.24. The molecule has 2 heterocycles. The van der Waals surface area contributed by atoms with Crippen LogP contribution in [0.15, 0.2) is 48.7 Å². The van der Waals surface area contributed by atoms with Crippen LogP contribution in [-0.2, 0) is 17.8 Å². The van der Waals surface area contributed by atoms with Gasteiger partial charge in [0.2, 0.25) is 0 Å². The summed E-state index contributed by atoms with van der Waals surface area (Å²) < 4.78 is 5.17. The summed E-state index contributed by atoms with van der Waals surface area (Å²) in [7, 11) is 1.74. The van der Waals surface area contributed by atoms with E-state index in [1.807, 2.05) is 36.5 Å². The van der Waals surface area contributed by atoms with E-state index in [9.17, 15) is 0 Å². The predicted molar refractivity (Wildman–Crippen MR) is 90.9 cm³/mol. The first-order chi connectivity index (χ1) is 11.3. The van der Waals surface area contributed by atoms with E-state index in [0.29, 0.717) is 0 Å². The summed E-state index contributed by atoms with van der Waals surface area (Å²) >= 11 is 0. The van der Waals surface area contributed by atoms with Crippen LogP contribution in [0.25, 0.3) is 11.0 Å². The molecule has 120 valence electrons. The Morgan fingerprint density at radius 2 is 1.96 bits per heavy atom. The molecule has 1 aromatic carbocycles. The fourth-order valence-electron chi connectivity index (χ4n) is 2.66. The summed E-state index contributed by atoms with van der Waals surface area (Å²) in [6.45, 7) is 3.29. The highest BCUT2D eigenvalue weighted by atomic mass is 16.5. The number of ether oxygens (including phenoxy) is 1. The van der Waals surface area contributed by atoms with Crippen molar-refractivity contribution in [1.82, 2.24) is 19.9 Å². The topological polar surface area (TPSA) is 54.0 Å². The molecule has 0 radical (unpaired) electrons. The lowest BCUT2D eigenvalue weighted by Crippen LogP contribution is -2.25. The molecule has 0 fully saturated rings. The molecule has 23 heavy (non-hydrogen) atoms. The molecular weight excluding hydrogens is 288 g/mol. The quantitative estimate of drug-likeness (QED) is 0.650. The van der Waals surface area contributed by atoms with Gasteiger partial charge in [-0.2, -0.15) is 0 Å². The maximum Gasteiger partial charge on any atom is 0.121 e. The second-order valence-electron chi connectivity index (χ2n) is 5.58. The number of fused-ring (bicyclic) bond motifs is 1. The van der Waals surface area contributed by atoms with Gasteiger partial charge in [-0.3, -0.25) is 9.88 Å². The number of nitrogens with zero attached hydrogens (tertiary/aromatic N) is 3. The van der Waals surface area contributed by atoms with Crippen molar-refractivity contribution in [3.63, 3.8) is 0 Å². The fourth-order valence-corrected chi connectivity index (χ4v) is 2.66. The second kappa shape index (κ2) is 7.85. The van der Waals surface area contributed by atoms with Gasteiger partial charge < -0.3 is 9.72 Å². The molecule has 2 aromatic heterocycles. The van der Waals surface area contributed by atoms with E-state index >= 15 is 0 Å². The number of imidazole rings is 1. The lowest BCUT2D eigenvalue weighted by molar-refractivity contribution is 0.165. The van der Waals surface area contributed by atoms with Crippen molar-refractivity contribution in [3.8, 4) is 0 Å². The van der Waals surface area contributed by atoms with Crippen molar-refractivity contribution in [1.29, 1.82) is 0 Å². The summed E-state index contributed by atoms with van der Waals surface area (Å²) in [5.74, 6) is 0.986. The first-order valence-electron chi connectivity index (χ1n) is 7.90. The molecule has 3 aromatic rings. The van der Waals surface area contributed by atoms with E-state index in [4.69, 9.17) is 4.74 Å². The Kier molecular flexibility index (Phi) is 5.34. The molecule has 0 aliphatic rings. The minimum atomic E-state index is 0.763. The van der Waals surface area contributed by atoms with Gasteiger partial charge in [-0.15, -0.1) is 0 Å². The maximum absolute atomic E-state index is 5.17. The third-order valence-corrected chi connectivity index (χ3v) is 3.75. The molecule has 0 aliphatic heterocycles. The van der Waals surface area contributed by atoms with Crippen molar-refractivity contribution in [2.45, 2.75) is 19.5 Å². The largest absolute Gasteiger partial charge is 0.385 e. The predicted octanol–water partition coefficient (Wildman–Crippen LogP) is 3.00. The van der Waals surface area contributed by atoms with Gasteiger partial charge in [0.15, 0.2) is 0 Å². The average molecular weight is 310 g/mol. The van der Waals surface area contributed by atoms with Crippen LogP contribution in [0.1, 0.15) is 17.9 Å². The van der Waals surface area contributed by atoms with Crippen molar-refractivity contribution < 1.29 is 4.74 Å². The molecule has 0 unspecified atom stereocenters. The number of nitrogens with one attached hydrogen (secondary N) is 1. The summed E-state index contributed by atoms with van der Waals surface area (Å²) in [4.78, 5) is 14.8. The van der Waals surface area contributed by atoms with Gasteiger partial charge in [-0.25, -0.2) is 4.98 Å². The minimum absolute atomic E-state index is 0.763. The highest BCUT2D eigenvalue weighted by Gasteiger charge is 2.10. The zero-order valence-electron chi connectivity index (χ0n) is 13.4. The summed E-state index contributed by atoms with van der Waals surface area (Å²) in [5, 5.41) is 0. The van der Waals surface area contributed by atoms with Gasteiger partial charge in [-0.05, 0) is 30.7 Å². The Morgan fingerprint density at radius 3 is 2.74 bits per heavy atom. The summed E-state index contributed by atoms with van der Waals surface area (Å²) in [6.07, 6.45) is 2.83. The molecule has 1 N–H and O–H groups in total. The van der Waals surface area contributed by atoms with E-state index in [2.05, 4.69) is 32.0 Å². The number of H-pyrrole nitrogens is 1. The van der Waals surface area contributed by atoms with Crippen LogP contribution in [-0.4, -0.2) is 40.1 Å². The molecule has 0 atom stereocenters. The molecule has 0 aliphatic carbocycles. The van der Waals surface area contributed by atoms with Crippen LogP contribution in [0, 0.1) is 0 Å². The van der Waals surface area contributed by atoms with Crippen LogP contribution in [0.2, 0.25) is 0 Å². The summed E-state index contributed by atoms with van der Waals surface area (Å²) in [5.41, 5.74) is 3.16. The maximum atomic E-state index is 5.17. The smallest absolute Gasteiger partial charge is 0.121 e. The number of pyridine rings is 1. The van der Waals surface area contributed by atoms with Crippen molar-refractivity contribution >= 4 is 11.0 Å². The van der Waals surface area contributed by atoms with Gasteiger partial charge in [0, 0.05) is 33.0 Å². The van der Waals surface area contributed by atoms with Gasteiger partial charge in [-0.1, -0.05) is 18.2 Å². The molecular formula is C18H22N4O. The monoisotopic (exact) mass is 310 g/mol. The molecule has 3 rings (SSSR count). The third kappa shape index (κ3) is 4.37. The summed E-state index contributed by atoms with van der Waals surface area (Å²) in [6, 6.07) is 14.1. The standard InChI is InChI=1S/C18H22N4O/c1-23-12-6-11-22(13-15-7-4-5-10-19-15)14-18-20-16-8-2-3-9-17(16)21-18/h2-5,7-10H,6,11-14H2,1H3,(H,20,21). The van der Waals surface area contributed by atoms with Crippen molar-refractivity contribution in [2.75, 3.05) is 20.3 Å². The van der Waals surface area contributed by atoms with Gasteiger partial charge in [0.1, 0.15) is 5.82 Å². The molecule has 5 nitrogen and oxygen atoms in total. The zero-order valence-corrected chi connectivity index (χ0v) is 13.4. The first kappa shape index (κ1) is 15.6. The Bertz CT molecular complexity index is 693. The molecule has 0 amide bonds. The number of para-hydroxylation sites is 2. The van der Waals surface area contributed by atoms with Crippen molar-refractivity contribution in [2.24, 2.45) is 0 Å². The second-order valence-corrected chi connectivity index (χ2v) is 5.58. The highest BCUT2D eigenvalue weighted by molar-refractivity contribution is 5.74. The molecule has 0 spiro atoms. The van der Waals surface area contributed by atoms with E-state index in [1.54, 1.807) is 7.11 Å². The minimum Gasteiger partial charge on any atom is -0.385 e. The number of aromatic amines is 1. The van der Waals surface area contributed by atoms with Gasteiger partial charge in [0.05, 0.1) is 23.3 Å². The van der Waals surface area contributed by atoms with Gasteiger partial charge >= 0.3 is 0 Å². The number of aromatic nitrogens is 3. The lowest BCUT2D eigenvalue weighted by atomic mass is 10.3. The van der Waals surface area contributed by atoms with Crippen LogP contribution in [0.3, 0.4) is 0 Å². The molecule has 0 saturated carbocycles. The van der Waals surface area contributed by atoms with E-state index in [1.165, 1.54) is 0 Å². The Morgan fingerprint density at radius 1 is 1.09 bits per heavy atom. The molecule has 0 bridgehead atoms. The highest BCUT2D eigenvalue weighted by Crippen LogP contribution is 2.13. The zero-order chi connectivity index (χ0) is 15.9. The molecule has 5 heteroatoms. The Balaban J connectivity index is 1.71. The van der Waals surface area contributed by atoms with E-state index < -0.39 is 0 Å². The van der Waals surface area contributed by atoms with Crippen molar-refractivity contribution in [3.05, 3.63) is 60.2 Å². The Labute approximate surface area is 136 Å². The van der Waals surface area contributed by atoms with E-state index in [-0.39, 0.29) is 0 Å². The molecule has 0 saturated heterocycles. The third-order valence-electron chi connectivity index (χ3n) is 3.75. The fraction of sp³-hybridized carbons (Fsp3) is 0.333.